The van der Waals surface area contributed by atoms with Gasteiger partial charge in [-0.15, -0.1) is 0 Å². The van der Waals surface area contributed by atoms with Crippen molar-refractivity contribution < 1.29 is 4.74 Å². The molecule has 0 aliphatic carbocycles. The molecule has 3 nitrogen and oxygen atoms in total. The molecule has 3 heteroatoms. The van der Waals surface area contributed by atoms with Crippen molar-refractivity contribution in [1.82, 2.24) is 0 Å². The summed E-state index contributed by atoms with van der Waals surface area (Å²) in [5, 5.41) is 0. The van der Waals surface area contributed by atoms with E-state index in [4.69, 9.17) is 4.74 Å². The van der Waals surface area contributed by atoms with E-state index in [9.17, 15) is 0 Å². The van der Waals surface area contributed by atoms with Crippen LogP contribution >= 0.6 is 0 Å². The van der Waals surface area contributed by atoms with Gasteiger partial charge in [-0.25, -0.2) is 0 Å². The Kier molecular flexibility index (Phi) is 4.26. The van der Waals surface area contributed by atoms with Crippen molar-refractivity contribution in [2.24, 2.45) is 0 Å². The molecule has 1 aliphatic rings. The van der Waals surface area contributed by atoms with Crippen LogP contribution in [-0.2, 0) is 4.74 Å². The van der Waals surface area contributed by atoms with Crippen LogP contribution in [0.5, 0.6) is 0 Å². The molecule has 2 rings (SSSR count). The molecule has 0 amide bonds. The molecule has 0 N–H and O–H groups in total. The topological polar surface area (TPSA) is 15.7 Å². The number of para-hydroxylation sites is 2. The largest absolute Gasteiger partial charge is 0.382 e. The van der Waals surface area contributed by atoms with Crippen LogP contribution in [0.1, 0.15) is 13.3 Å². The molecule has 0 saturated carbocycles. The standard InChI is InChI=1S/C14H22N2O/c1-3-17-12-6-9-16-11-10-15(2)13-7-4-5-8-14(13)16/h4-5,7-8H,3,6,9-12H2,1-2H3. The van der Waals surface area contributed by atoms with Crippen LogP contribution in [0.3, 0.4) is 0 Å². The summed E-state index contributed by atoms with van der Waals surface area (Å²) in [4.78, 5) is 4.79. The fourth-order valence-corrected chi connectivity index (χ4v) is 2.30. The lowest BCUT2D eigenvalue weighted by Crippen LogP contribution is -2.39. The second kappa shape index (κ2) is 5.92. The van der Waals surface area contributed by atoms with Gasteiger partial charge in [0.2, 0.25) is 0 Å². The first-order valence-corrected chi connectivity index (χ1v) is 6.45. The number of rotatable bonds is 5. The summed E-state index contributed by atoms with van der Waals surface area (Å²) < 4.78 is 5.40. The van der Waals surface area contributed by atoms with Gasteiger partial charge in [0.15, 0.2) is 0 Å². The quantitative estimate of drug-likeness (QED) is 0.727. The van der Waals surface area contributed by atoms with Crippen molar-refractivity contribution in [3.63, 3.8) is 0 Å². The van der Waals surface area contributed by atoms with Gasteiger partial charge >= 0.3 is 0 Å². The number of likely N-dealkylation sites (N-methyl/N-ethyl adjacent to an activating group) is 1. The van der Waals surface area contributed by atoms with Gasteiger partial charge in [0.1, 0.15) is 0 Å². The molecule has 0 atom stereocenters. The molecule has 1 aliphatic heterocycles. The lowest BCUT2D eigenvalue weighted by Gasteiger charge is -2.37. The van der Waals surface area contributed by atoms with Crippen LogP contribution in [0.2, 0.25) is 0 Å². The first kappa shape index (κ1) is 12.2. The third kappa shape index (κ3) is 2.91. The van der Waals surface area contributed by atoms with E-state index in [-0.39, 0.29) is 0 Å². The third-order valence-electron chi connectivity index (χ3n) is 3.26. The fraction of sp³-hybridized carbons (Fsp3) is 0.571. The zero-order valence-corrected chi connectivity index (χ0v) is 10.9. The van der Waals surface area contributed by atoms with Crippen molar-refractivity contribution in [2.45, 2.75) is 13.3 Å². The number of hydrogen-bond acceptors (Lipinski definition) is 3. The number of anilines is 2. The van der Waals surface area contributed by atoms with Crippen LogP contribution in [-0.4, -0.2) is 39.9 Å². The Morgan fingerprint density at radius 2 is 1.94 bits per heavy atom. The van der Waals surface area contributed by atoms with Gasteiger partial charge in [-0.3, -0.25) is 0 Å². The Hall–Kier alpha value is -1.22. The van der Waals surface area contributed by atoms with E-state index in [1.54, 1.807) is 0 Å². The summed E-state index contributed by atoms with van der Waals surface area (Å²) in [6, 6.07) is 8.64. The first-order valence-electron chi connectivity index (χ1n) is 6.45. The minimum absolute atomic E-state index is 0.819. The van der Waals surface area contributed by atoms with E-state index in [1.165, 1.54) is 11.4 Å². The van der Waals surface area contributed by atoms with Crippen LogP contribution < -0.4 is 9.80 Å². The lowest BCUT2D eigenvalue weighted by atomic mass is 10.1. The number of ether oxygens (including phenoxy) is 1. The second-order valence-corrected chi connectivity index (χ2v) is 4.45. The average molecular weight is 234 g/mol. The Bertz CT molecular complexity index is 354. The zero-order valence-electron chi connectivity index (χ0n) is 10.9. The number of benzene rings is 1. The first-order chi connectivity index (χ1) is 8.33. The maximum atomic E-state index is 5.40. The average Bonchev–Trinajstić information content (AvgIpc) is 2.37. The Balaban J connectivity index is 1.98. The monoisotopic (exact) mass is 234 g/mol. The molecular formula is C14H22N2O. The van der Waals surface area contributed by atoms with Gasteiger partial charge in [-0.05, 0) is 25.5 Å². The van der Waals surface area contributed by atoms with E-state index in [0.717, 1.165) is 39.3 Å². The molecule has 0 unspecified atom stereocenters. The van der Waals surface area contributed by atoms with Crippen LogP contribution in [0.4, 0.5) is 11.4 Å². The van der Waals surface area contributed by atoms with Gasteiger partial charge in [0, 0.05) is 39.9 Å². The normalized spacial score (nSPS) is 14.9. The second-order valence-electron chi connectivity index (χ2n) is 4.45. The highest BCUT2D eigenvalue weighted by molar-refractivity contribution is 5.72. The number of nitrogens with zero attached hydrogens (tertiary/aromatic N) is 2. The molecule has 17 heavy (non-hydrogen) atoms. The third-order valence-corrected chi connectivity index (χ3v) is 3.26. The Labute approximate surface area is 104 Å². The highest BCUT2D eigenvalue weighted by atomic mass is 16.5. The summed E-state index contributed by atoms with van der Waals surface area (Å²) in [5.41, 5.74) is 2.70. The van der Waals surface area contributed by atoms with Crippen molar-refractivity contribution >= 4 is 11.4 Å². The Morgan fingerprint density at radius 1 is 1.18 bits per heavy atom. The van der Waals surface area contributed by atoms with Gasteiger partial charge in [-0.2, -0.15) is 0 Å². The van der Waals surface area contributed by atoms with E-state index in [0.29, 0.717) is 0 Å². The smallest absolute Gasteiger partial charge is 0.0604 e. The molecule has 0 aromatic heterocycles. The zero-order chi connectivity index (χ0) is 12.1. The molecule has 0 fully saturated rings. The predicted octanol–water partition coefficient (Wildman–Crippen LogP) is 2.37. The maximum Gasteiger partial charge on any atom is 0.0604 e. The molecule has 0 saturated heterocycles. The van der Waals surface area contributed by atoms with E-state index < -0.39 is 0 Å². The van der Waals surface area contributed by atoms with Gasteiger partial charge < -0.3 is 14.5 Å². The van der Waals surface area contributed by atoms with Gasteiger partial charge in [0.05, 0.1) is 11.4 Å². The number of hydrogen-bond donors (Lipinski definition) is 0. The molecule has 0 radical (unpaired) electrons. The molecule has 1 aromatic rings. The Morgan fingerprint density at radius 3 is 2.71 bits per heavy atom. The minimum Gasteiger partial charge on any atom is -0.382 e. The van der Waals surface area contributed by atoms with Crippen molar-refractivity contribution in [3.8, 4) is 0 Å². The van der Waals surface area contributed by atoms with Crippen molar-refractivity contribution in [1.29, 1.82) is 0 Å². The van der Waals surface area contributed by atoms with E-state index in [2.05, 4.69) is 41.1 Å². The predicted molar refractivity (Wildman–Crippen MR) is 73.0 cm³/mol. The fourth-order valence-electron chi connectivity index (χ4n) is 2.30. The van der Waals surface area contributed by atoms with Crippen molar-refractivity contribution in [3.05, 3.63) is 24.3 Å². The maximum absolute atomic E-state index is 5.40. The van der Waals surface area contributed by atoms with Crippen LogP contribution in [0.25, 0.3) is 0 Å². The molecule has 94 valence electrons. The molecule has 1 aromatic carbocycles. The van der Waals surface area contributed by atoms with Crippen LogP contribution in [0.15, 0.2) is 24.3 Å². The van der Waals surface area contributed by atoms with Crippen LogP contribution in [0, 0.1) is 0 Å². The van der Waals surface area contributed by atoms with Crippen molar-refractivity contribution in [2.75, 3.05) is 49.7 Å². The molecule has 1 heterocycles. The molecule has 0 spiro atoms. The number of fused-ring (bicyclic) bond motifs is 1. The summed E-state index contributed by atoms with van der Waals surface area (Å²) in [6.45, 7) is 7.03. The summed E-state index contributed by atoms with van der Waals surface area (Å²) in [6.07, 6.45) is 1.10. The highest BCUT2D eigenvalue weighted by Gasteiger charge is 2.18. The highest BCUT2D eigenvalue weighted by Crippen LogP contribution is 2.31. The molecule has 0 bridgehead atoms. The summed E-state index contributed by atoms with van der Waals surface area (Å²) in [7, 11) is 2.16. The molecular weight excluding hydrogens is 212 g/mol. The lowest BCUT2D eigenvalue weighted by molar-refractivity contribution is 0.146. The van der Waals surface area contributed by atoms with Gasteiger partial charge in [0.25, 0.3) is 0 Å². The van der Waals surface area contributed by atoms with E-state index in [1.807, 2.05) is 6.92 Å². The summed E-state index contributed by atoms with van der Waals surface area (Å²) >= 11 is 0. The van der Waals surface area contributed by atoms with E-state index >= 15 is 0 Å². The SMILES string of the molecule is CCOCCCN1CCN(C)c2ccccc21. The minimum atomic E-state index is 0.819. The van der Waals surface area contributed by atoms with Gasteiger partial charge in [-0.1, -0.05) is 12.1 Å². The summed E-state index contributed by atoms with van der Waals surface area (Å²) in [5.74, 6) is 0.